The summed E-state index contributed by atoms with van der Waals surface area (Å²) in [7, 11) is 0. The third kappa shape index (κ3) is 1.57. The highest BCUT2D eigenvalue weighted by Gasteiger charge is 2.33. The van der Waals surface area contributed by atoms with E-state index in [9.17, 15) is 9.59 Å². The van der Waals surface area contributed by atoms with Gasteiger partial charge in [-0.25, -0.2) is 9.69 Å². The van der Waals surface area contributed by atoms with Gasteiger partial charge in [0.15, 0.2) is 0 Å². The van der Waals surface area contributed by atoms with Gasteiger partial charge in [-0.3, -0.25) is 4.79 Å². The third-order valence-electron chi connectivity index (χ3n) is 1.82. The lowest BCUT2D eigenvalue weighted by molar-refractivity contribution is -0.128. The largest absolute Gasteiger partial charge is 0.447 e. The molecular formula is C8H13NO3. The molecule has 0 N–H and O–H groups in total. The lowest BCUT2D eigenvalue weighted by Gasteiger charge is -2.14. The summed E-state index contributed by atoms with van der Waals surface area (Å²) < 4.78 is 4.71. The van der Waals surface area contributed by atoms with Gasteiger partial charge in [-0.2, -0.15) is 0 Å². The Labute approximate surface area is 71.5 Å². The molecule has 12 heavy (non-hydrogen) atoms. The van der Waals surface area contributed by atoms with E-state index < -0.39 is 6.09 Å². The fourth-order valence-corrected chi connectivity index (χ4v) is 1.20. The van der Waals surface area contributed by atoms with Crippen molar-refractivity contribution >= 4 is 12.0 Å². The van der Waals surface area contributed by atoms with Crippen molar-refractivity contribution in [3.05, 3.63) is 0 Å². The van der Waals surface area contributed by atoms with Crippen molar-refractivity contribution in [2.45, 2.75) is 32.7 Å². The molecule has 0 aromatic heterocycles. The van der Waals surface area contributed by atoms with Gasteiger partial charge in [0.05, 0.1) is 6.04 Å². The number of cyclic esters (lactones) is 1. The number of nitrogens with zero attached hydrogens (tertiary/aromatic N) is 1. The molecule has 1 atom stereocenters. The summed E-state index contributed by atoms with van der Waals surface area (Å²) in [6.45, 7) is 4.04. The molecule has 1 fully saturated rings. The van der Waals surface area contributed by atoms with Crippen LogP contribution in [0.4, 0.5) is 4.79 Å². The topological polar surface area (TPSA) is 46.6 Å². The first-order valence-electron chi connectivity index (χ1n) is 4.15. The van der Waals surface area contributed by atoms with Crippen molar-refractivity contribution in [3.8, 4) is 0 Å². The van der Waals surface area contributed by atoms with Gasteiger partial charge >= 0.3 is 6.09 Å². The second kappa shape index (κ2) is 3.56. The maximum absolute atomic E-state index is 11.3. The van der Waals surface area contributed by atoms with Crippen LogP contribution in [0.3, 0.4) is 0 Å². The SMILES string of the molecule is CCCC(=O)N1C(=O)OCC1C. The summed E-state index contributed by atoms with van der Waals surface area (Å²) in [6, 6.07) is -0.100. The molecule has 0 spiro atoms. The summed E-state index contributed by atoms with van der Waals surface area (Å²) in [5, 5.41) is 0. The fourth-order valence-electron chi connectivity index (χ4n) is 1.20. The molecule has 0 bridgehead atoms. The summed E-state index contributed by atoms with van der Waals surface area (Å²) >= 11 is 0. The lowest BCUT2D eigenvalue weighted by atomic mass is 10.2. The Morgan fingerprint density at radius 2 is 2.42 bits per heavy atom. The van der Waals surface area contributed by atoms with E-state index in [-0.39, 0.29) is 11.9 Å². The van der Waals surface area contributed by atoms with Crippen molar-refractivity contribution in [2.24, 2.45) is 0 Å². The van der Waals surface area contributed by atoms with Gasteiger partial charge < -0.3 is 4.74 Å². The molecule has 1 rings (SSSR count). The van der Waals surface area contributed by atoms with Gasteiger partial charge in [-0.1, -0.05) is 6.92 Å². The zero-order chi connectivity index (χ0) is 9.14. The van der Waals surface area contributed by atoms with Crippen LogP contribution in [0.15, 0.2) is 0 Å². The maximum atomic E-state index is 11.3. The van der Waals surface area contributed by atoms with E-state index in [1.807, 2.05) is 6.92 Å². The Balaban J connectivity index is 2.59. The van der Waals surface area contributed by atoms with Gasteiger partial charge in [-0.15, -0.1) is 0 Å². The standard InChI is InChI=1S/C8H13NO3/c1-3-4-7(10)9-6(2)5-12-8(9)11/h6H,3-5H2,1-2H3. The monoisotopic (exact) mass is 171 g/mol. The van der Waals surface area contributed by atoms with Gasteiger partial charge in [-0.05, 0) is 13.3 Å². The van der Waals surface area contributed by atoms with E-state index in [4.69, 9.17) is 4.74 Å². The van der Waals surface area contributed by atoms with E-state index in [0.29, 0.717) is 13.0 Å². The number of imide groups is 1. The van der Waals surface area contributed by atoms with E-state index in [0.717, 1.165) is 6.42 Å². The molecule has 4 heteroatoms. The van der Waals surface area contributed by atoms with Crippen LogP contribution < -0.4 is 0 Å². The second-order valence-corrected chi connectivity index (χ2v) is 2.94. The number of carbonyl (C=O) groups excluding carboxylic acids is 2. The van der Waals surface area contributed by atoms with Crippen LogP contribution in [-0.4, -0.2) is 29.5 Å². The Hall–Kier alpha value is -1.06. The first-order valence-corrected chi connectivity index (χ1v) is 4.15. The molecule has 1 aliphatic heterocycles. The van der Waals surface area contributed by atoms with Crippen LogP contribution in [0.1, 0.15) is 26.7 Å². The molecular weight excluding hydrogens is 158 g/mol. The van der Waals surface area contributed by atoms with Crippen LogP contribution in [0.25, 0.3) is 0 Å². The van der Waals surface area contributed by atoms with Gasteiger partial charge in [0.25, 0.3) is 0 Å². The van der Waals surface area contributed by atoms with E-state index in [2.05, 4.69) is 0 Å². The highest BCUT2D eigenvalue weighted by atomic mass is 16.6. The summed E-state index contributed by atoms with van der Waals surface area (Å²) in [5.41, 5.74) is 0. The van der Waals surface area contributed by atoms with Crippen molar-refractivity contribution < 1.29 is 14.3 Å². The number of rotatable bonds is 2. The summed E-state index contributed by atoms with van der Waals surface area (Å²) in [4.78, 5) is 23.5. The highest BCUT2D eigenvalue weighted by Crippen LogP contribution is 2.13. The fraction of sp³-hybridized carbons (Fsp3) is 0.750. The van der Waals surface area contributed by atoms with Crippen LogP contribution in [-0.2, 0) is 9.53 Å². The number of carbonyl (C=O) groups is 2. The van der Waals surface area contributed by atoms with Crippen LogP contribution >= 0.6 is 0 Å². The average molecular weight is 171 g/mol. The highest BCUT2D eigenvalue weighted by molar-refractivity contribution is 5.93. The summed E-state index contributed by atoms with van der Waals surface area (Å²) in [6.07, 6.45) is 0.676. The second-order valence-electron chi connectivity index (χ2n) is 2.94. The number of amides is 2. The maximum Gasteiger partial charge on any atom is 0.416 e. The predicted molar refractivity (Wildman–Crippen MR) is 42.6 cm³/mol. The third-order valence-corrected chi connectivity index (χ3v) is 1.82. The Bertz CT molecular complexity index is 202. The number of hydrogen-bond acceptors (Lipinski definition) is 3. The Morgan fingerprint density at radius 1 is 1.75 bits per heavy atom. The summed E-state index contributed by atoms with van der Waals surface area (Å²) in [5.74, 6) is -0.132. The molecule has 68 valence electrons. The molecule has 1 unspecified atom stereocenters. The normalized spacial score (nSPS) is 22.7. The zero-order valence-electron chi connectivity index (χ0n) is 7.37. The van der Waals surface area contributed by atoms with Gasteiger partial charge in [0.1, 0.15) is 6.61 Å². The molecule has 0 aromatic rings. The van der Waals surface area contributed by atoms with E-state index in [1.165, 1.54) is 4.90 Å². The Morgan fingerprint density at radius 3 is 2.83 bits per heavy atom. The molecule has 0 saturated carbocycles. The Kier molecular flexibility index (Phi) is 2.68. The molecule has 0 aliphatic carbocycles. The number of hydrogen-bond donors (Lipinski definition) is 0. The average Bonchev–Trinajstić information content (AvgIpc) is 2.32. The molecule has 2 amide bonds. The molecule has 4 nitrogen and oxygen atoms in total. The van der Waals surface area contributed by atoms with Crippen molar-refractivity contribution in [2.75, 3.05) is 6.61 Å². The van der Waals surface area contributed by atoms with E-state index >= 15 is 0 Å². The first kappa shape index (κ1) is 9.03. The predicted octanol–water partition coefficient (Wildman–Crippen LogP) is 1.15. The van der Waals surface area contributed by atoms with Gasteiger partial charge in [0, 0.05) is 6.42 Å². The molecule has 1 aliphatic rings. The molecule has 1 heterocycles. The minimum atomic E-state index is -0.499. The van der Waals surface area contributed by atoms with Crippen molar-refractivity contribution in [1.82, 2.24) is 4.90 Å². The van der Waals surface area contributed by atoms with Gasteiger partial charge in [0.2, 0.25) is 5.91 Å². The lowest BCUT2D eigenvalue weighted by Crippen LogP contribution is -2.36. The molecule has 0 radical (unpaired) electrons. The smallest absolute Gasteiger partial charge is 0.416 e. The molecule has 0 aromatic carbocycles. The number of ether oxygens (including phenoxy) is 1. The van der Waals surface area contributed by atoms with Crippen LogP contribution in [0, 0.1) is 0 Å². The minimum absolute atomic E-state index is 0.100. The van der Waals surface area contributed by atoms with Crippen molar-refractivity contribution in [1.29, 1.82) is 0 Å². The minimum Gasteiger partial charge on any atom is -0.447 e. The zero-order valence-corrected chi connectivity index (χ0v) is 7.37. The van der Waals surface area contributed by atoms with E-state index in [1.54, 1.807) is 6.92 Å². The first-order chi connectivity index (χ1) is 5.66. The van der Waals surface area contributed by atoms with Crippen molar-refractivity contribution in [3.63, 3.8) is 0 Å². The van der Waals surface area contributed by atoms with Crippen LogP contribution in [0.5, 0.6) is 0 Å². The van der Waals surface area contributed by atoms with Crippen LogP contribution in [0.2, 0.25) is 0 Å². The molecule has 1 saturated heterocycles. The quantitative estimate of drug-likeness (QED) is 0.626.